The van der Waals surface area contributed by atoms with Crippen LogP contribution in [0.5, 0.6) is 0 Å². The largest absolute Gasteiger partial charge is 0.356 e. The van der Waals surface area contributed by atoms with Crippen molar-refractivity contribution in [2.24, 2.45) is 0 Å². The predicted octanol–water partition coefficient (Wildman–Crippen LogP) is 3.63. The van der Waals surface area contributed by atoms with Gasteiger partial charge in [0, 0.05) is 17.3 Å². The lowest BCUT2D eigenvalue weighted by atomic mass is 10.1. The van der Waals surface area contributed by atoms with E-state index in [1.807, 2.05) is 13.0 Å². The maximum Gasteiger partial charge on any atom is 0.262 e. The number of aryl methyl sites for hydroxylation is 2. The number of nitriles is 1. The van der Waals surface area contributed by atoms with Gasteiger partial charge >= 0.3 is 0 Å². The molecule has 0 unspecified atom stereocenters. The van der Waals surface area contributed by atoms with Crippen molar-refractivity contribution in [1.82, 2.24) is 5.16 Å². The number of anilines is 1. The van der Waals surface area contributed by atoms with E-state index in [-0.39, 0.29) is 4.90 Å². The van der Waals surface area contributed by atoms with Crippen molar-refractivity contribution in [2.75, 3.05) is 4.72 Å². The lowest BCUT2D eigenvalue weighted by Gasteiger charge is -2.11. The number of rotatable bonds is 4. The fourth-order valence-corrected chi connectivity index (χ4v) is 3.71. The van der Waals surface area contributed by atoms with E-state index >= 15 is 0 Å². The molecule has 0 aliphatic rings. The van der Waals surface area contributed by atoms with Gasteiger partial charge in [-0.2, -0.15) is 5.26 Å². The molecule has 1 heterocycles. The summed E-state index contributed by atoms with van der Waals surface area (Å²) < 4.78 is 33.0. The molecule has 3 rings (SSSR count). The number of nitrogens with zero attached hydrogens (tertiary/aromatic N) is 2. The van der Waals surface area contributed by atoms with Crippen LogP contribution >= 0.6 is 0 Å². The standard InChI is InChI=1S/C18H15N3O3S/c1-12-9-15(17-10-13(2)20-24-17)5-8-18(12)25(22,23)21-16-6-3-14(11-19)4-7-16/h3-10,21H,1-2H3. The normalized spacial score (nSPS) is 11.1. The highest BCUT2D eigenvalue weighted by atomic mass is 32.2. The van der Waals surface area contributed by atoms with E-state index in [4.69, 9.17) is 9.78 Å². The predicted molar refractivity (Wildman–Crippen MR) is 93.4 cm³/mol. The van der Waals surface area contributed by atoms with Crippen LogP contribution < -0.4 is 4.72 Å². The highest BCUT2D eigenvalue weighted by Crippen LogP contribution is 2.26. The fourth-order valence-electron chi connectivity index (χ4n) is 2.43. The maximum absolute atomic E-state index is 12.6. The Hall–Kier alpha value is -3.11. The van der Waals surface area contributed by atoms with Gasteiger partial charge < -0.3 is 4.52 Å². The smallest absolute Gasteiger partial charge is 0.262 e. The van der Waals surface area contributed by atoms with E-state index in [1.165, 1.54) is 6.07 Å². The zero-order valence-electron chi connectivity index (χ0n) is 13.6. The van der Waals surface area contributed by atoms with Crippen LogP contribution in [0.25, 0.3) is 11.3 Å². The Morgan fingerprint density at radius 1 is 1.08 bits per heavy atom. The van der Waals surface area contributed by atoms with Gasteiger partial charge in [-0.3, -0.25) is 4.72 Å². The third kappa shape index (κ3) is 3.54. The number of hydrogen-bond donors (Lipinski definition) is 1. The Morgan fingerprint density at radius 3 is 2.36 bits per heavy atom. The maximum atomic E-state index is 12.6. The zero-order valence-corrected chi connectivity index (χ0v) is 14.5. The minimum atomic E-state index is -3.74. The van der Waals surface area contributed by atoms with Gasteiger partial charge in [0.2, 0.25) is 0 Å². The molecule has 0 fully saturated rings. The molecule has 0 aliphatic carbocycles. The minimum Gasteiger partial charge on any atom is -0.356 e. The van der Waals surface area contributed by atoms with Gasteiger partial charge in [-0.15, -0.1) is 0 Å². The van der Waals surface area contributed by atoms with Crippen molar-refractivity contribution in [3.8, 4) is 17.4 Å². The van der Waals surface area contributed by atoms with Crippen LogP contribution in [0.2, 0.25) is 0 Å². The molecule has 7 heteroatoms. The van der Waals surface area contributed by atoms with Gasteiger partial charge in [-0.25, -0.2) is 8.42 Å². The molecule has 0 atom stereocenters. The monoisotopic (exact) mass is 353 g/mol. The van der Waals surface area contributed by atoms with E-state index in [1.54, 1.807) is 49.4 Å². The number of hydrogen-bond acceptors (Lipinski definition) is 5. The molecule has 0 radical (unpaired) electrons. The van der Waals surface area contributed by atoms with Crippen LogP contribution in [0.1, 0.15) is 16.8 Å². The highest BCUT2D eigenvalue weighted by molar-refractivity contribution is 7.92. The van der Waals surface area contributed by atoms with Gasteiger partial charge in [-0.05, 0) is 61.9 Å². The van der Waals surface area contributed by atoms with Crippen molar-refractivity contribution in [2.45, 2.75) is 18.7 Å². The molecule has 0 spiro atoms. The average molecular weight is 353 g/mol. The van der Waals surface area contributed by atoms with Crippen LogP contribution in [0.15, 0.2) is 57.9 Å². The summed E-state index contributed by atoms with van der Waals surface area (Å²) in [5.74, 6) is 0.588. The zero-order chi connectivity index (χ0) is 18.0. The molecule has 2 aromatic carbocycles. The van der Waals surface area contributed by atoms with Crippen molar-refractivity contribution < 1.29 is 12.9 Å². The Kier molecular flexibility index (Phi) is 4.30. The molecule has 1 N–H and O–H groups in total. The van der Waals surface area contributed by atoms with Gasteiger partial charge in [-0.1, -0.05) is 5.16 Å². The average Bonchev–Trinajstić information content (AvgIpc) is 3.01. The summed E-state index contributed by atoms with van der Waals surface area (Å²) in [5, 5.41) is 12.6. The molecule has 0 aliphatic heterocycles. The third-order valence-electron chi connectivity index (χ3n) is 3.64. The summed E-state index contributed by atoms with van der Waals surface area (Å²) in [6.07, 6.45) is 0. The molecule has 0 saturated heterocycles. The van der Waals surface area contributed by atoms with E-state index in [9.17, 15) is 8.42 Å². The van der Waals surface area contributed by atoms with E-state index in [2.05, 4.69) is 9.88 Å². The topological polar surface area (TPSA) is 96.0 Å². The second-order valence-electron chi connectivity index (χ2n) is 5.61. The molecular formula is C18H15N3O3S. The number of nitrogens with one attached hydrogen (secondary N) is 1. The molecule has 126 valence electrons. The van der Waals surface area contributed by atoms with Crippen LogP contribution in [0, 0.1) is 25.2 Å². The first-order chi connectivity index (χ1) is 11.9. The molecule has 0 saturated carbocycles. The van der Waals surface area contributed by atoms with Crippen LogP contribution in [-0.4, -0.2) is 13.6 Å². The van der Waals surface area contributed by atoms with Crippen molar-refractivity contribution in [3.63, 3.8) is 0 Å². The second-order valence-corrected chi connectivity index (χ2v) is 7.26. The van der Waals surface area contributed by atoms with Gasteiger partial charge in [0.15, 0.2) is 5.76 Å². The molecule has 3 aromatic rings. The summed E-state index contributed by atoms with van der Waals surface area (Å²) in [6.45, 7) is 3.54. The molecule has 0 bridgehead atoms. The van der Waals surface area contributed by atoms with Crippen molar-refractivity contribution in [3.05, 3.63) is 65.4 Å². The Balaban J connectivity index is 1.90. The van der Waals surface area contributed by atoms with Gasteiger partial charge in [0.05, 0.1) is 22.2 Å². The van der Waals surface area contributed by atoms with Crippen LogP contribution in [-0.2, 0) is 10.0 Å². The SMILES string of the molecule is Cc1cc(-c2ccc(S(=O)(=O)Nc3ccc(C#N)cc3)c(C)c2)on1. The van der Waals surface area contributed by atoms with E-state index in [0.717, 1.165) is 11.3 Å². The molecule has 25 heavy (non-hydrogen) atoms. The number of sulfonamides is 1. The fraction of sp³-hybridized carbons (Fsp3) is 0.111. The van der Waals surface area contributed by atoms with Gasteiger partial charge in [0.25, 0.3) is 10.0 Å². The van der Waals surface area contributed by atoms with Crippen LogP contribution in [0.4, 0.5) is 5.69 Å². The first-order valence-corrected chi connectivity index (χ1v) is 8.95. The lowest BCUT2D eigenvalue weighted by Crippen LogP contribution is -2.14. The Labute approximate surface area is 145 Å². The van der Waals surface area contributed by atoms with Gasteiger partial charge in [0.1, 0.15) is 0 Å². The Bertz CT molecular complexity index is 1060. The lowest BCUT2D eigenvalue weighted by molar-refractivity contribution is 0.427. The molecular weight excluding hydrogens is 338 g/mol. The first kappa shape index (κ1) is 16.7. The summed E-state index contributed by atoms with van der Waals surface area (Å²) in [4.78, 5) is 0.178. The minimum absolute atomic E-state index is 0.178. The summed E-state index contributed by atoms with van der Waals surface area (Å²) in [5.41, 5.74) is 2.97. The number of aromatic nitrogens is 1. The molecule has 6 nitrogen and oxygen atoms in total. The van der Waals surface area contributed by atoms with E-state index < -0.39 is 10.0 Å². The summed E-state index contributed by atoms with van der Waals surface area (Å²) in [6, 6.07) is 15.0. The van der Waals surface area contributed by atoms with Crippen LogP contribution in [0.3, 0.4) is 0 Å². The second kappa shape index (κ2) is 6.42. The highest BCUT2D eigenvalue weighted by Gasteiger charge is 2.18. The Morgan fingerprint density at radius 2 is 1.80 bits per heavy atom. The molecule has 0 amide bonds. The van der Waals surface area contributed by atoms with Crippen molar-refractivity contribution in [1.29, 1.82) is 5.26 Å². The third-order valence-corrected chi connectivity index (χ3v) is 5.18. The summed E-state index contributed by atoms with van der Waals surface area (Å²) >= 11 is 0. The molecule has 1 aromatic heterocycles. The number of benzene rings is 2. The van der Waals surface area contributed by atoms with Crippen molar-refractivity contribution >= 4 is 15.7 Å². The van der Waals surface area contributed by atoms with E-state index in [0.29, 0.717) is 22.6 Å². The quantitative estimate of drug-likeness (QED) is 0.772. The summed E-state index contributed by atoms with van der Waals surface area (Å²) in [7, 11) is -3.74. The first-order valence-electron chi connectivity index (χ1n) is 7.46.